The molecule has 2 aromatic rings. The summed E-state index contributed by atoms with van der Waals surface area (Å²) < 4.78 is 5.24. The number of amides is 1. The normalized spacial score (nSPS) is 19.7. The van der Waals surface area contributed by atoms with Crippen LogP contribution in [0.15, 0.2) is 42.5 Å². The number of carbonyl (C=O) groups excluding carboxylic acids is 1. The molecule has 0 radical (unpaired) electrons. The highest BCUT2D eigenvalue weighted by atomic mass is 16.5. The van der Waals surface area contributed by atoms with Gasteiger partial charge in [0, 0.05) is 17.6 Å². The molecule has 0 aliphatic carbocycles. The van der Waals surface area contributed by atoms with Crippen molar-refractivity contribution in [2.45, 2.75) is 46.1 Å². The van der Waals surface area contributed by atoms with Crippen molar-refractivity contribution < 1.29 is 9.53 Å². The van der Waals surface area contributed by atoms with Gasteiger partial charge in [-0.2, -0.15) is 0 Å². The van der Waals surface area contributed by atoms with Crippen LogP contribution in [0.4, 0.5) is 5.69 Å². The molecule has 2 aromatic carbocycles. The number of ether oxygens (including phenoxy) is 1. The van der Waals surface area contributed by atoms with Crippen molar-refractivity contribution in [2.24, 2.45) is 5.92 Å². The van der Waals surface area contributed by atoms with E-state index in [-0.39, 0.29) is 17.9 Å². The SMILES string of the molecule is COc1ccc(-c2ccc3c(c2)C(C)CC(C)N3C(=O)C(C)C)cc1. The first-order valence-electron chi connectivity index (χ1n) is 9.03. The van der Waals surface area contributed by atoms with Crippen LogP contribution in [-0.4, -0.2) is 19.1 Å². The lowest BCUT2D eigenvalue weighted by molar-refractivity contribution is -0.122. The van der Waals surface area contributed by atoms with Crippen molar-refractivity contribution in [3.05, 3.63) is 48.0 Å². The van der Waals surface area contributed by atoms with Gasteiger partial charge in [0.25, 0.3) is 0 Å². The standard InChI is InChI=1S/C22H27NO2/c1-14(2)22(24)23-16(4)12-15(3)20-13-18(8-11-21(20)23)17-6-9-19(25-5)10-7-17/h6-11,13-16H,12H2,1-5H3. The highest BCUT2D eigenvalue weighted by Crippen LogP contribution is 2.41. The minimum Gasteiger partial charge on any atom is -0.497 e. The molecule has 1 amide bonds. The van der Waals surface area contributed by atoms with Gasteiger partial charge in [-0.15, -0.1) is 0 Å². The number of carbonyl (C=O) groups is 1. The maximum atomic E-state index is 12.7. The molecule has 25 heavy (non-hydrogen) atoms. The number of benzene rings is 2. The molecule has 0 aromatic heterocycles. The lowest BCUT2D eigenvalue weighted by Gasteiger charge is -2.39. The molecule has 3 nitrogen and oxygen atoms in total. The molecule has 132 valence electrons. The van der Waals surface area contributed by atoms with Crippen LogP contribution in [0.5, 0.6) is 5.75 Å². The minimum absolute atomic E-state index is 0.00460. The Balaban J connectivity index is 2.02. The number of anilines is 1. The fraction of sp³-hybridized carbons (Fsp3) is 0.409. The fourth-order valence-corrected chi connectivity index (χ4v) is 3.73. The first-order chi connectivity index (χ1) is 11.9. The Kier molecular flexibility index (Phi) is 4.85. The van der Waals surface area contributed by atoms with Gasteiger partial charge in [0.1, 0.15) is 5.75 Å². The van der Waals surface area contributed by atoms with E-state index in [1.54, 1.807) is 7.11 Å². The van der Waals surface area contributed by atoms with E-state index in [2.05, 4.69) is 44.2 Å². The molecule has 1 heterocycles. The van der Waals surface area contributed by atoms with Gasteiger partial charge in [-0.1, -0.05) is 39.0 Å². The number of methoxy groups -OCH3 is 1. The molecule has 2 atom stereocenters. The Bertz CT molecular complexity index is 764. The average molecular weight is 337 g/mol. The number of rotatable bonds is 3. The summed E-state index contributed by atoms with van der Waals surface area (Å²) in [7, 11) is 1.68. The van der Waals surface area contributed by atoms with Crippen LogP contribution >= 0.6 is 0 Å². The Morgan fingerprint density at radius 3 is 2.32 bits per heavy atom. The molecule has 0 saturated carbocycles. The topological polar surface area (TPSA) is 29.5 Å². The second kappa shape index (κ2) is 6.91. The molecule has 0 bridgehead atoms. The summed E-state index contributed by atoms with van der Waals surface area (Å²) in [5.41, 5.74) is 4.68. The predicted molar refractivity (Wildman–Crippen MR) is 103 cm³/mol. The van der Waals surface area contributed by atoms with Crippen molar-refractivity contribution in [2.75, 3.05) is 12.0 Å². The first kappa shape index (κ1) is 17.5. The van der Waals surface area contributed by atoms with E-state index < -0.39 is 0 Å². The van der Waals surface area contributed by atoms with Crippen LogP contribution in [-0.2, 0) is 4.79 Å². The zero-order chi connectivity index (χ0) is 18.1. The predicted octanol–water partition coefficient (Wildman–Crippen LogP) is 5.25. The van der Waals surface area contributed by atoms with Crippen LogP contribution in [0.25, 0.3) is 11.1 Å². The van der Waals surface area contributed by atoms with Gasteiger partial charge in [-0.05, 0) is 60.2 Å². The summed E-state index contributed by atoms with van der Waals surface area (Å²) >= 11 is 0. The molecule has 1 aliphatic heterocycles. The Labute approximate surface area is 150 Å². The Morgan fingerprint density at radius 2 is 1.72 bits per heavy atom. The maximum Gasteiger partial charge on any atom is 0.229 e. The van der Waals surface area contributed by atoms with Gasteiger partial charge in [0.2, 0.25) is 5.91 Å². The van der Waals surface area contributed by atoms with E-state index in [1.165, 1.54) is 11.1 Å². The van der Waals surface area contributed by atoms with Gasteiger partial charge in [0.15, 0.2) is 0 Å². The first-order valence-corrected chi connectivity index (χ1v) is 9.03. The molecule has 2 unspecified atom stereocenters. The average Bonchev–Trinajstić information content (AvgIpc) is 2.61. The van der Waals surface area contributed by atoms with Crippen LogP contribution in [0.1, 0.15) is 45.6 Å². The molecule has 0 N–H and O–H groups in total. The molecule has 0 fully saturated rings. The van der Waals surface area contributed by atoms with Crippen molar-refractivity contribution in [3.8, 4) is 16.9 Å². The summed E-state index contributed by atoms with van der Waals surface area (Å²) in [6.07, 6.45) is 0.998. The Hall–Kier alpha value is -2.29. The summed E-state index contributed by atoms with van der Waals surface area (Å²) in [4.78, 5) is 14.7. The molecule has 3 rings (SSSR count). The van der Waals surface area contributed by atoms with E-state index in [4.69, 9.17) is 4.74 Å². The smallest absolute Gasteiger partial charge is 0.229 e. The maximum absolute atomic E-state index is 12.7. The second-order valence-electron chi connectivity index (χ2n) is 7.35. The summed E-state index contributed by atoms with van der Waals surface area (Å²) in [6.45, 7) is 8.35. The van der Waals surface area contributed by atoms with Crippen LogP contribution in [0, 0.1) is 5.92 Å². The van der Waals surface area contributed by atoms with Crippen LogP contribution in [0.3, 0.4) is 0 Å². The third kappa shape index (κ3) is 3.28. The lowest BCUT2D eigenvalue weighted by atomic mass is 9.85. The van der Waals surface area contributed by atoms with Gasteiger partial charge >= 0.3 is 0 Å². The lowest BCUT2D eigenvalue weighted by Crippen LogP contribution is -2.44. The highest BCUT2D eigenvalue weighted by molar-refractivity contribution is 5.97. The zero-order valence-corrected chi connectivity index (χ0v) is 15.7. The minimum atomic E-state index is 0.00460. The molecule has 0 saturated heterocycles. The molecular weight excluding hydrogens is 310 g/mol. The molecular formula is C22H27NO2. The summed E-state index contributed by atoms with van der Waals surface area (Å²) in [5, 5.41) is 0. The van der Waals surface area contributed by atoms with E-state index in [9.17, 15) is 4.79 Å². The monoisotopic (exact) mass is 337 g/mol. The van der Waals surface area contributed by atoms with Crippen molar-refractivity contribution in [1.29, 1.82) is 0 Å². The van der Waals surface area contributed by atoms with E-state index in [0.717, 1.165) is 23.4 Å². The quantitative estimate of drug-likeness (QED) is 0.766. The fourth-order valence-electron chi connectivity index (χ4n) is 3.73. The van der Waals surface area contributed by atoms with Gasteiger partial charge in [-0.3, -0.25) is 4.79 Å². The van der Waals surface area contributed by atoms with Gasteiger partial charge < -0.3 is 9.64 Å². The number of nitrogens with zero attached hydrogens (tertiary/aromatic N) is 1. The molecule has 3 heteroatoms. The largest absolute Gasteiger partial charge is 0.497 e. The van der Waals surface area contributed by atoms with Crippen molar-refractivity contribution in [1.82, 2.24) is 0 Å². The third-order valence-electron chi connectivity index (χ3n) is 5.11. The second-order valence-corrected chi connectivity index (χ2v) is 7.35. The summed E-state index contributed by atoms with van der Waals surface area (Å²) in [5.74, 6) is 1.51. The van der Waals surface area contributed by atoms with E-state index in [0.29, 0.717) is 5.92 Å². The highest BCUT2D eigenvalue weighted by Gasteiger charge is 2.32. The number of hydrogen-bond donors (Lipinski definition) is 0. The van der Waals surface area contributed by atoms with E-state index >= 15 is 0 Å². The molecule has 0 spiro atoms. The van der Waals surface area contributed by atoms with Crippen molar-refractivity contribution >= 4 is 11.6 Å². The molecule has 1 aliphatic rings. The Morgan fingerprint density at radius 1 is 1.08 bits per heavy atom. The zero-order valence-electron chi connectivity index (χ0n) is 15.7. The van der Waals surface area contributed by atoms with Crippen molar-refractivity contribution in [3.63, 3.8) is 0 Å². The third-order valence-corrected chi connectivity index (χ3v) is 5.11. The number of hydrogen-bond acceptors (Lipinski definition) is 2. The van der Waals surface area contributed by atoms with E-state index in [1.807, 2.05) is 30.9 Å². The van der Waals surface area contributed by atoms with Gasteiger partial charge in [-0.25, -0.2) is 0 Å². The van der Waals surface area contributed by atoms with Gasteiger partial charge in [0.05, 0.1) is 7.11 Å². The summed E-state index contributed by atoms with van der Waals surface area (Å²) in [6, 6.07) is 14.8. The van der Waals surface area contributed by atoms with Crippen LogP contribution < -0.4 is 9.64 Å². The number of fused-ring (bicyclic) bond motifs is 1. The van der Waals surface area contributed by atoms with Crippen LogP contribution in [0.2, 0.25) is 0 Å².